The van der Waals surface area contributed by atoms with E-state index in [9.17, 15) is 22.8 Å². The summed E-state index contributed by atoms with van der Waals surface area (Å²) in [6.45, 7) is -0.397. The minimum atomic E-state index is -4.50. The van der Waals surface area contributed by atoms with Gasteiger partial charge in [0.15, 0.2) is 0 Å². The molecule has 0 bridgehead atoms. The van der Waals surface area contributed by atoms with E-state index in [4.69, 9.17) is 15.3 Å². The van der Waals surface area contributed by atoms with Crippen LogP contribution < -0.4 is 15.4 Å². The molecule has 1 aliphatic rings. The molecule has 29 heavy (non-hydrogen) atoms. The fraction of sp³-hybridized carbons (Fsp3) is 0.211. The lowest BCUT2D eigenvalue weighted by Gasteiger charge is -2.18. The van der Waals surface area contributed by atoms with Gasteiger partial charge in [0, 0.05) is 5.69 Å². The van der Waals surface area contributed by atoms with Gasteiger partial charge in [-0.1, -0.05) is 11.2 Å². The molecule has 0 spiro atoms. The topological polar surface area (TPSA) is 94.2 Å². The summed E-state index contributed by atoms with van der Waals surface area (Å²) >= 11 is 0. The molecule has 2 aromatic carbocycles. The molecule has 0 unspecified atom stereocenters. The van der Waals surface area contributed by atoms with Crippen LogP contribution in [0.4, 0.5) is 24.5 Å². The van der Waals surface area contributed by atoms with Crippen molar-refractivity contribution in [1.82, 2.24) is 0 Å². The first kappa shape index (κ1) is 20.2. The first-order valence-electron chi connectivity index (χ1n) is 8.35. The van der Waals surface area contributed by atoms with Crippen LogP contribution in [0.25, 0.3) is 0 Å². The summed E-state index contributed by atoms with van der Waals surface area (Å²) in [6.07, 6.45) is -4.50. The number of hydrogen-bond acceptors (Lipinski definition) is 6. The number of carbonyl (C=O) groups excluding carboxylic acids is 2. The molecule has 0 radical (unpaired) electrons. The number of amides is 1. The predicted molar refractivity (Wildman–Crippen MR) is 98.9 cm³/mol. The van der Waals surface area contributed by atoms with E-state index in [1.165, 1.54) is 36.3 Å². The number of ketones is 1. The highest BCUT2D eigenvalue weighted by Gasteiger charge is 2.36. The minimum absolute atomic E-state index is 0.0272. The number of carbonyl (C=O) groups is 2. The number of oxime groups is 1. The third kappa shape index (κ3) is 4.31. The van der Waals surface area contributed by atoms with Gasteiger partial charge in [0.25, 0.3) is 11.7 Å². The Hall–Kier alpha value is -3.56. The number of Topliss-reactive ketones (excluding diaryl/α,β-unsaturated/α-hetero) is 1. The molecule has 2 aromatic rings. The molecule has 1 amide bonds. The lowest BCUT2D eigenvalue weighted by molar-refractivity contribution is -0.137. The zero-order valence-corrected chi connectivity index (χ0v) is 15.2. The van der Waals surface area contributed by atoms with Crippen LogP contribution in [-0.2, 0) is 15.8 Å². The SMILES string of the molecule is CO/N=C(\COc1cccc(C(F)(F)F)c1)CN1C(=O)C(=O)c2cc(N)ccc21. The van der Waals surface area contributed by atoms with Crippen LogP contribution in [0, 0.1) is 0 Å². The molecule has 0 saturated heterocycles. The van der Waals surface area contributed by atoms with Crippen molar-refractivity contribution in [2.75, 3.05) is 30.9 Å². The highest BCUT2D eigenvalue weighted by molar-refractivity contribution is 6.52. The molecule has 0 fully saturated rings. The number of benzene rings is 2. The summed E-state index contributed by atoms with van der Waals surface area (Å²) < 4.78 is 43.9. The number of halogens is 3. The molecule has 0 atom stereocenters. The maximum absolute atomic E-state index is 12.8. The van der Waals surface area contributed by atoms with Crippen LogP contribution in [0.1, 0.15) is 15.9 Å². The van der Waals surface area contributed by atoms with E-state index >= 15 is 0 Å². The summed E-state index contributed by atoms with van der Waals surface area (Å²) in [6, 6.07) is 8.84. The molecule has 1 aliphatic heterocycles. The van der Waals surface area contributed by atoms with E-state index in [1.807, 2.05) is 0 Å². The summed E-state index contributed by atoms with van der Waals surface area (Å²) in [4.78, 5) is 30.4. The van der Waals surface area contributed by atoms with Crippen LogP contribution in [0.15, 0.2) is 47.6 Å². The third-order valence-corrected chi connectivity index (χ3v) is 4.12. The van der Waals surface area contributed by atoms with Gasteiger partial charge < -0.3 is 15.3 Å². The lowest BCUT2D eigenvalue weighted by atomic mass is 10.1. The summed E-state index contributed by atoms with van der Waals surface area (Å²) in [5.74, 6) is -1.50. The Labute approximate surface area is 163 Å². The second kappa shape index (κ2) is 7.82. The number of alkyl halides is 3. The zero-order valence-electron chi connectivity index (χ0n) is 15.2. The molecule has 1 heterocycles. The number of anilines is 2. The molecular weight excluding hydrogens is 391 g/mol. The molecule has 0 aromatic heterocycles. The molecule has 152 valence electrons. The van der Waals surface area contributed by atoms with E-state index in [1.54, 1.807) is 6.07 Å². The Kier molecular flexibility index (Phi) is 5.44. The van der Waals surface area contributed by atoms with E-state index in [2.05, 4.69) is 5.16 Å². The monoisotopic (exact) mass is 407 g/mol. The third-order valence-electron chi connectivity index (χ3n) is 4.12. The van der Waals surface area contributed by atoms with Crippen LogP contribution in [0.2, 0.25) is 0 Å². The van der Waals surface area contributed by atoms with Gasteiger partial charge in [0.2, 0.25) is 0 Å². The molecule has 7 nitrogen and oxygen atoms in total. The number of nitrogens with two attached hydrogens (primary N) is 1. The lowest BCUT2D eigenvalue weighted by Crippen LogP contribution is -2.36. The second-order valence-corrected chi connectivity index (χ2v) is 6.15. The maximum Gasteiger partial charge on any atom is 0.416 e. The smallest absolute Gasteiger partial charge is 0.416 e. The van der Waals surface area contributed by atoms with Crippen molar-refractivity contribution in [3.05, 3.63) is 53.6 Å². The Morgan fingerprint density at radius 3 is 2.62 bits per heavy atom. The Balaban J connectivity index is 1.76. The molecular formula is C19H16F3N3O4. The van der Waals surface area contributed by atoms with Crippen molar-refractivity contribution in [2.45, 2.75) is 6.18 Å². The number of nitrogen functional groups attached to an aromatic ring is 1. The van der Waals surface area contributed by atoms with E-state index in [0.717, 1.165) is 12.1 Å². The van der Waals surface area contributed by atoms with Crippen molar-refractivity contribution >= 4 is 28.8 Å². The van der Waals surface area contributed by atoms with Crippen molar-refractivity contribution in [2.24, 2.45) is 5.16 Å². The maximum atomic E-state index is 12.8. The van der Waals surface area contributed by atoms with Gasteiger partial charge in [-0.2, -0.15) is 13.2 Å². The van der Waals surface area contributed by atoms with Gasteiger partial charge in [-0.05, 0) is 36.4 Å². The Morgan fingerprint density at radius 2 is 1.93 bits per heavy atom. The van der Waals surface area contributed by atoms with Gasteiger partial charge in [-0.15, -0.1) is 0 Å². The Bertz CT molecular complexity index is 989. The first-order valence-corrected chi connectivity index (χ1v) is 8.35. The molecule has 0 saturated carbocycles. The number of nitrogens with zero attached hydrogens (tertiary/aromatic N) is 2. The van der Waals surface area contributed by atoms with Crippen molar-refractivity contribution in [3.63, 3.8) is 0 Å². The Morgan fingerprint density at radius 1 is 1.17 bits per heavy atom. The van der Waals surface area contributed by atoms with Crippen LogP contribution >= 0.6 is 0 Å². The molecule has 10 heteroatoms. The van der Waals surface area contributed by atoms with Crippen LogP contribution in [-0.4, -0.2) is 37.7 Å². The first-order chi connectivity index (χ1) is 13.7. The van der Waals surface area contributed by atoms with E-state index in [-0.39, 0.29) is 30.2 Å². The summed E-state index contributed by atoms with van der Waals surface area (Å²) in [5.41, 5.74) is 5.87. The van der Waals surface area contributed by atoms with E-state index < -0.39 is 23.4 Å². The number of hydrogen-bond donors (Lipinski definition) is 1. The zero-order chi connectivity index (χ0) is 21.2. The normalized spacial score (nSPS) is 14.2. The van der Waals surface area contributed by atoms with Crippen LogP contribution in [0.3, 0.4) is 0 Å². The average Bonchev–Trinajstić information content (AvgIpc) is 2.90. The number of rotatable bonds is 6. The van der Waals surface area contributed by atoms with Crippen LogP contribution in [0.5, 0.6) is 5.75 Å². The largest absolute Gasteiger partial charge is 0.487 e. The van der Waals surface area contributed by atoms with Crippen molar-refractivity contribution < 1.29 is 32.3 Å². The fourth-order valence-electron chi connectivity index (χ4n) is 2.82. The highest BCUT2D eigenvalue weighted by atomic mass is 19.4. The van der Waals surface area contributed by atoms with Crippen molar-refractivity contribution in [3.8, 4) is 5.75 Å². The van der Waals surface area contributed by atoms with Gasteiger partial charge in [-0.25, -0.2) is 0 Å². The van der Waals surface area contributed by atoms with Gasteiger partial charge in [0.1, 0.15) is 25.2 Å². The minimum Gasteiger partial charge on any atom is -0.487 e. The van der Waals surface area contributed by atoms with Gasteiger partial charge in [0.05, 0.1) is 23.4 Å². The molecule has 2 N–H and O–H groups in total. The standard InChI is InChI=1S/C19H16F3N3O4/c1-28-24-13(10-29-14-4-2-3-11(7-14)19(20,21)22)9-25-16-6-5-12(23)8-15(16)17(26)18(25)27/h2-8H,9-10,23H2,1H3/b24-13-. The predicted octanol–water partition coefficient (Wildman–Crippen LogP) is 2.90. The highest BCUT2D eigenvalue weighted by Crippen LogP contribution is 2.32. The quantitative estimate of drug-likeness (QED) is 0.344. The summed E-state index contributed by atoms with van der Waals surface area (Å²) in [7, 11) is 1.27. The van der Waals surface area contributed by atoms with Crippen molar-refractivity contribution in [1.29, 1.82) is 0 Å². The number of fused-ring (bicyclic) bond motifs is 1. The summed E-state index contributed by atoms with van der Waals surface area (Å²) in [5, 5.41) is 3.76. The van der Waals surface area contributed by atoms with E-state index in [0.29, 0.717) is 11.4 Å². The second-order valence-electron chi connectivity index (χ2n) is 6.15. The molecule has 3 rings (SSSR count). The van der Waals surface area contributed by atoms with Gasteiger partial charge in [-0.3, -0.25) is 14.5 Å². The van der Waals surface area contributed by atoms with Gasteiger partial charge >= 0.3 is 6.18 Å². The number of ether oxygens (including phenoxy) is 1. The average molecular weight is 407 g/mol. The fourth-order valence-corrected chi connectivity index (χ4v) is 2.82. The molecule has 0 aliphatic carbocycles.